The molecule has 1 rings (SSSR count). The minimum Gasteiger partial charge on any atom is -0.349 e. The van der Waals surface area contributed by atoms with Crippen LogP contribution in [0.4, 0.5) is 5.69 Å². The largest absolute Gasteiger partial charge is 0.350 e. The van der Waals surface area contributed by atoms with Crippen LogP contribution in [0, 0.1) is 10.1 Å². The maximum absolute atomic E-state index is 11.4. The van der Waals surface area contributed by atoms with E-state index in [0.717, 1.165) is 10.8 Å². The summed E-state index contributed by atoms with van der Waals surface area (Å²) in [6.07, 6.45) is 0.847. The lowest BCUT2D eigenvalue weighted by molar-refractivity contribution is -0.386. The molecule has 9 heteroatoms. The number of carbonyl (C=O) groups is 1. The molecule has 0 radical (unpaired) electrons. The van der Waals surface area contributed by atoms with Crippen LogP contribution < -0.4 is 11.2 Å². The topological polar surface area (TPSA) is 118 Å². The number of rotatable bonds is 4. The number of H-pyrrole nitrogens is 1. The number of carbonyl (C=O) groups excluding carboxylic acids is 1. The molecule has 0 aromatic carbocycles. The number of hydrogen-bond acceptors (Lipinski definition) is 5. The molecule has 0 atom stereocenters. The van der Waals surface area contributed by atoms with Gasteiger partial charge in [0.15, 0.2) is 0 Å². The number of nitrogens with one attached hydrogen (secondary N) is 1. The van der Waals surface area contributed by atoms with Crippen LogP contribution in [0.2, 0.25) is 0 Å². The highest BCUT2D eigenvalue weighted by atomic mass is 16.6. The van der Waals surface area contributed by atoms with Crippen molar-refractivity contribution in [2.45, 2.75) is 13.0 Å². The van der Waals surface area contributed by atoms with E-state index in [1.807, 2.05) is 4.98 Å². The average molecular weight is 256 g/mol. The Morgan fingerprint density at radius 1 is 1.50 bits per heavy atom. The van der Waals surface area contributed by atoms with Crippen molar-refractivity contribution in [2.75, 3.05) is 14.1 Å². The molecule has 0 spiro atoms. The van der Waals surface area contributed by atoms with E-state index in [1.54, 1.807) is 14.1 Å². The minimum atomic E-state index is -1.06. The van der Waals surface area contributed by atoms with Crippen molar-refractivity contribution in [2.24, 2.45) is 0 Å². The first kappa shape index (κ1) is 13.6. The number of amides is 1. The van der Waals surface area contributed by atoms with Gasteiger partial charge in [-0.25, -0.2) is 4.79 Å². The van der Waals surface area contributed by atoms with Gasteiger partial charge in [-0.05, 0) is 0 Å². The van der Waals surface area contributed by atoms with Gasteiger partial charge in [0.2, 0.25) is 5.91 Å². The molecule has 0 bridgehead atoms. The van der Waals surface area contributed by atoms with Gasteiger partial charge < -0.3 is 4.90 Å². The van der Waals surface area contributed by atoms with Gasteiger partial charge in [0.05, 0.1) is 11.1 Å². The maximum atomic E-state index is 11.4. The number of aryl methyl sites for hydroxylation is 1. The molecular weight excluding hydrogens is 244 g/mol. The summed E-state index contributed by atoms with van der Waals surface area (Å²) >= 11 is 0. The molecule has 1 aromatic heterocycles. The minimum absolute atomic E-state index is 0.0100. The van der Waals surface area contributed by atoms with E-state index in [9.17, 15) is 24.5 Å². The SMILES string of the molecule is CN(C)C(=O)CCn1cc([N+](=O)[O-])c(=O)[nH]c1=O. The molecule has 0 aliphatic rings. The molecule has 0 aliphatic carbocycles. The Balaban J connectivity index is 3.00. The first-order valence-corrected chi connectivity index (χ1v) is 5.01. The third-order valence-electron chi connectivity index (χ3n) is 2.25. The van der Waals surface area contributed by atoms with Crippen molar-refractivity contribution in [3.63, 3.8) is 0 Å². The lowest BCUT2D eigenvalue weighted by Gasteiger charge is -2.10. The summed E-state index contributed by atoms with van der Waals surface area (Å²) in [5.41, 5.74) is -2.57. The van der Waals surface area contributed by atoms with Gasteiger partial charge in [-0.3, -0.25) is 29.3 Å². The molecule has 1 N–H and O–H groups in total. The molecule has 0 saturated carbocycles. The highest BCUT2D eigenvalue weighted by Gasteiger charge is 2.15. The van der Waals surface area contributed by atoms with Crippen LogP contribution in [-0.2, 0) is 11.3 Å². The Morgan fingerprint density at radius 3 is 2.61 bits per heavy atom. The summed E-state index contributed by atoms with van der Waals surface area (Å²) in [5, 5.41) is 10.5. The van der Waals surface area contributed by atoms with E-state index in [-0.39, 0.29) is 18.9 Å². The van der Waals surface area contributed by atoms with E-state index < -0.39 is 21.9 Å². The molecule has 1 aromatic rings. The van der Waals surface area contributed by atoms with Crippen LogP contribution >= 0.6 is 0 Å². The van der Waals surface area contributed by atoms with E-state index >= 15 is 0 Å². The third kappa shape index (κ3) is 3.03. The second-order valence-corrected chi connectivity index (χ2v) is 3.76. The summed E-state index contributed by atoms with van der Waals surface area (Å²) in [4.78, 5) is 46.6. The zero-order valence-corrected chi connectivity index (χ0v) is 9.87. The third-order valence-corrected chi connectivity index (χ3v) is 2.25. The Hall–Kier alpha value is -2.45. The van der Waals surface area contributed by atoms with Gasteiger partial charge in [0.25, 0.3) is 0 Å². The Morgan fingerprint density at radius 2 is 2.11 bits per heavy atom. The number of nitrogens with zero attached hydrogens (tertiary/aromatic N) is 3. The maximum Gasteiger partial charge on any atom is 0.350 e. The van der Waals surface area contributed by atoms with Crippen molar-refractivity contribution in [1.82, 2.24) is 14.5 Å². The smallest absolute Gasteiger partial charge is 0.349 e. The predicted octanol–water partition coefficient (Wildman–Crippen LogP) is -1.08. The van der Waals surface area contributed by atoms with Crippen molar-refractivity contribution in [3.8, 4) is 0 Å². The van der Waals surface area contributed by atoms with E-state index in [4.69, 9.17) is 0 Å². The molecular formula is C9H12N4O5. The van der Waals surface area contributed by atoms with Crippen molar-refractivity contribution < 1.29 is 9.72 Å². The number of aromatic nitrogens is 2. The van der Waals surface area contributed by atoms with Crippen molar-refractivity contribution in [1.29, 1.82) is 0 Å². The van der Waals surface area contributed by atoms with Crippen LogP contribution in [0.3, 0.4) is 0 Å². The Bertz CT molecular complexity index is 585. The molecule has 1 heterocycles. The van der Waals surface area contributed by atoms with Gasteiger partial charge in [0, 0.05) is 27.1 Å². The fraction of sp³-hybridized carbons (Fsp3) is 0.444. The molecule has 9 nitrogen and oxygen atoms in total. The first-order chi connectivity index (χ1) is 8.32. The summed E-state index contributed by atoms with van der Waals surface area (Å²) < 4.78 is 0.931. The van der Waals surface area contributed by atoms with Crippen LogP contribution in [0.15, 0.2) is 15.8 Å². The number of nitro groups is 1. The average Bonchev–Trinajstić information content (AvgIpc) is 2.26. The second-order valence-electron chi connectivity index (χ2n) is 3.76. The van der Waals surface area contributed by atoms with E-state index in [0.29, 0.717) is 0 Å². The zero-order chi connectivity index (χ0) is 13.9. The highest BCUT2D eigenvalue weighted by Crippen LogP contribution is 2.00. The normalized spacial score (nSPS) is 10.1. The monoisotopic (exact) mass is 256 g/mol. The highest BCUT2D eigenvalue weighted by molar-refractivity contribution is 5.75. The van der Waals surface area contributed by atoms with Crippen LogP contribution in [0.25, 0.3) is 0 Å². The van der Waals surface area contributed by atoms with Crippen molar-refractivity contribution in [3.05, 3.63) is 37.1 Å². The van der Waals surface area contributed by atoms with Gasteiger partial charge in [0.1, 0.15) is 0 Å². The molecule has 18 heavy (non-hydrogen) atoms. The lowest BCUT2D eigenvalue weighted by atomic mass is 10.3. The van der Waals surface area contributed by atoms with Crippen LogP contribution in [-0.4, -0.2) is 39.4 Å². The quantitative estimate of drug-likeness (QED) is 0.543. The number of aromatic amines is 1. The standard InChI is InChI=1S/C9H12N4O5/c1-11(2)7(14)3-4-12-5-6(13(17)18)8(15)10-9(12)16/h5H,3-4H2,1-2H3,(H,10,15,16). The Kier molecular flexibility index (Phi) is 3.97. The van der Waals surface area contributed by atoms with Gasteiger partial charge in [-0.2, -0.15) is 0 Å². The molecule has 0 fully saturated rings. The van der Waals surface area contributed by atoms with Crippen molar-refractivity contribution >= 4 is 11.6 Å². The van der Waals surface area contributed by atoms with Crippen LogP contribution in [0.5, 0.6) is 0 Å². The van der Waals surface area contributed by atoms with Crippen LogP contribution in [0.1, 0.15) is 6.42 Å². The molecule has 98 valence electrons. The predicted molar refractivity (Wildman–Crippen MR) is 61.3 cm³/mol. The van der Waals surface area contributed by atoms with E-state index in [1.165, 1.54) is 4.90 Å². The summed E-state index contributed by atoms with van der Waals surface area (Å²) in [7, 11) is 3.11. The zero-order valence-electron chi connectivity index (χ0n) is 9.87. The summed E-state index contributed by atoms with van der Waals surface area (Å²) in [6.45, 7) is -0.0343. The summed E-state index contributed by atoms with van der Waals surface area (Å²) in [5.74, 6) is -0.226. The summed E-state index contributed by atoms with van der Waals surface area (Å²) in [6, 6.07) is 0. The Labute approximate surface area is 101 Å². The number of hydrogen-bond donors (Lipinski definition) is 1. The van der Waals surface area contributed by atoms with Gasteiger partial charge in [-0.15, -0.1) is 0 Å². The molecule has 1 amide bonds. The van der Waals surface area contributed by atoms with Gasteiger partial charge >= 0.3 is 16.9 Å². The molecule has 0 unspecified atom stereocenters. The molecule has 0 aliphatic heterocycles. The fourth-order valence-electron chi connectivity index (χ4n) is 1.23. The van der Waals surface area contributed by atoms with E-state index in [2.05, 4.69) is 0 Å². The first-order valence-electron chi connectivity index (χ1n) is 5.01. The molecule has 0 saturated heterocycles. The second kappa shape index (κ2) is 5.25. The van der Waals surface area contributed by atoms with Gasteiger partial charge in [-0.1, -0.05) is 0 Å². The fourth-order valence-corrected chi connectivity index (χ4v) is 1.23. The lowest BCUT2D eigenvalue weighted by Crippen LogP contribution is -2.32.